The van der Waals surface area contributed by atoms with E-state index in [0.29, 0.717) is 22.3 Å². The number of anilines is 1. The lowest BCUT2D eigenvalue weighted by atomic mass is 10.1. The van der Waals surface area contributed by atoms with Gasteiger partial charge in [0.05, 0.1) is 21.8 Å². The van der Waals surface area contributed by atoms with Crippen molar-refractivity contribution in [3.63, 3.8) is 0 Å². The Hall–Kier alpha value is -2.95. The molecule has 0 saturated carbocycles. The van der Waals surface area contributed by atoms with Crippen molar-refractivity contribution in [1.29, 1.82) is 0 Å². The first kappa shape index (κ1) is 20.3. The highest BCUT2D eigenvalue weighted by Crippen LogP contribution is 2.33. The Morgan fingerprint density at radius 3 is 2.67 bits per heavy atom. The number of rotatable bonds is 6. The zero-order valence-electron chi connectivity index (χ0n) is 17.1. The molecule has 2 aromatic carbocycles. The molecule has 4 rings (SSSR count). The first-order valence-electron chi connectivity index (χ1n) is 10.2. The lowest BCUT2D eigenvalue weighted by Crippen LogP contribution is -2.24. The lowest BCUT2D eigenvalue weighted by molar-refractivity contribution is 0.102. The average Bonchev–Trinajstić information content (AvgIpc) is 2.97. The van der Waals surface area contributed by atoms with Crippen LogP contribution >= 0.6 is 11.6 Å². The van der Waals surface area contributed by atoms with Crippen LogP contribution in [0.15, 0.2) is 66.7 Å². The minimum Gasteiger partial charge on any atom is -0.322 e. The fourth-order valence-corrected chi connectivity index (χ4v) is 3.70. The van der Waals surface area contributed by atoms with Gasteiger partial charge in [0.25, 0.3) is 5.91 Å². The van der Waals surface area contributed by atoms with E-state index in [1.807, 2.05) is 24.3 Å². The van der Waals surface area contributed by atoms with E-state index in [0.717, 1.165) is 35.1 Å². The summed E-state index contributed by atoms with van der Waals surface area (Å²) in [7, 11) is 0. The summed E-state index contributed by atoms with van der Waals surface area (Å²) >= 11 is 6.16. The monoisotopic (exact) mass is 417 g/mol. The lowest BCUT2D eigenvalue weighted by Gasteiger charge is -2.11. The van der Waals surface area contributed by atoms with Crippen molar-refractivity contribution in [3.05, 3.63) is 82.9 Å². The zero-order valence-corrected chi connectivity index (χ0v) is 17.8. The molecule has 0 radical (unpaired) electrons. The summed E-state index contributed by atoms with van der Waals surface area (Å²) in [5.41, 5.74) is 5.21. The summed E-state index contributed by atoms with van der Waals surface area (Å²) in [6, 6.07) is 21.5. The SMILES string of the molecule is CCC(C)NCc1cccc2c3cccc(NC(=O)c4ccccc4Cl)cc-3nc12. The van der Waals surface area contributed by atoms with E-state index < -0.39 is 0 Å². The number of aromatic nitrogens is 1. The van der Waals surface area contributed by atoms with Gasteiger partial charge < -0.3 is 10.6 Å². The fourth-order valence-electron chi connectivity index (χ4n) is 3.48. The molecule has 2 aliphatic rings. The summed E-state index contributed by atoms with van der Waals surface area (Å²) in [5, 5.41) is 8.03. The van der Waals surface area contributed by atoms with Crippen LogP contribution < -0.4 is 10.6 Å². The Labute approximate surface area is 181 Å². The highest BCUT2D eigenvalue weighted by atomic mass is 35.5. The number of fused-ring (bicyclic) bond motifs is 3. The van der Waals surface area contributed by atoms with Crippen LogP contribution in [0.1, 0.15) is 36.2 Å². The highest BCUT2D eigenvalue weighted by molar-refractivity contribution is 6.34. The van der Waals surface area contributed by atoms with Crippen molar-refractivity contribution in [1.82, 2.24) is 10.3 Å². The summed E-state index contributed by atoms with van der Waals surface area (Å²) in [6.45, 7) is 5.13. The van der Waals surface area contributed by atoms with Crippen LogP contribution in [0, 0.1) is 0 Å². The van der Waals surface area contributed by atoms with Gasteiger partial charge >= 0.3 is 0 Å². The van der Waals surface area contributed by atoms with Gasteiger partial charge in [-0.15, -0.1) is 0 Å². The predicted molar refractivity (Wildman–Crippen MR) is 124 cm³/mol. The molecule has 4 nitrogen and oxygen atoms in total. The van der Waals surface area contributed by atoms with Gasteiger partial charge in [0.1, 0.15) is 0 Å². The fraction of sp³-hybridized carbons (Fsp3) is 0.200. The maximum absolute atomic E-state index is 12.7. The van der Waals surface area contributed by atoms with E-state index in [2.05, 4.69) is 42.7 Å². The smallest absolute Gasteiger partial charge is 0.257 e. The average molecular weight is 418 g/mol. The van der Waals surface area contributed by atoms with E-state index in [1.165, 1.54) is 5.56 Å². The summed E-state index contributed by atoms with van der Waals surface area (Å²) in [5.74, 6) is -0.241. The maximum Gasteiger partial charge on any atom is 0.257 e. The van der Waals surface area contributed by atoms with E-state index in [1.54, 1.807) is 24.3 Å². The summed E-state index contributed by atoms with van der Waals surface area (Å²) in [6.07, 6.45) is 1.08. The second-order valence-corrected chi connectivity index (χ2v) is 7.88. The van der Waals surface area contributed by atoms with Crippen molar-refractivity contribution in [2.24, 2.45) is 0 Å². The Kier molecular flexibility index (Phi) is 5.98. The Morgan fingerprint density at radius 1 is 1.07 bits per heavy atom. The van der Waals surface area contributed by atoms with Gasteiger partial charge in [-0.2, -0.15) is 0 Å². The van der Waals surface area contributed by atoms with Crippen molar-refractivity contribution in [2.45, 2.75) is 32.9 Å². The number of nitrogens with one attached hydrogen (secondary N) is 2. The van der Waals surface area contributed by atoms with Crippen LogP contribution in [0.5, 0.6) is 0 Å². The number of halogens is 1. The topological polar surface area (TPSA) is 54.0 Å². The molecule has 1 aliphatic heterocycles. The number of amides is 1. The van der Waals surface area contributed by atoms with Gasteiger partial charge in [0.15, 0.2) is 0 Å². The normalized spacial score (nSPS) is 12.2. The van der Waals surface area contributed by atoms with Gasteiger partial charge in [0, 0.05) is 29.2 Å². The number of hydrogen-bond donors (Lipinski definition) is 2. The van der Waals surface area contributed by atoms with Crippen LogP contribution in [-0.2, 0) is 6.54 Å². The number of carbonyl (C=O) groups is 1. The number of carbonyl (C=O) groups excluding carboxylic acids is 1. The van der Waals surface area contributed by atoms with Crippen molar-refractivity contribution in [2.75, 3.05) is 5.32 Å². The molecule has 1 amide bonds. The van der Waals surface area contributed by atoms with E-state index in [4.69, 9.17) is 16.6 Å². The molecule has 1 atom stereocenters. The number of nitrogens with zero attached hydrogens (tertiary/aromatic N) is 1. The summed E-state index contributed by atoms with van der Waals surface area (Å²) < 4.78 is 0. The molecule has 1 aliphatic carbocycles. The van der Waals surface area contributed by atoms with Gasteiger partial charge in [-0.3, -0.25) is 4.79 Å². The second-order valence-electron chi connectivity index (χ2n) is 7.47. The van der Waals surface area contributed by atoms with Crippen LogP contribution in [-0.4, -0.2) is 16.9 Å². The largest absolute Gasteiger partial charge is 0.322 e. The van der Waals surface area contributed by atoms with Crippen LogP contribution in [0.4, 0.5) is 5.69 Å². The third-order valence-electron chi connectivity index (χ3n) is 5.38. The Bertz CT molecular complexity index is 1170. The molecule has 1 heterocycles. The Balaban J connectivity index is 1.68. The molecule has 2 N–H and O–H groups in total. The molecular weight excluding hydrogens is 394 g/mol. The molecule has 0 aromatic heterocycles. The molecule has 0 fully saturated rings. The standard InChI is InChI=1S/C25H24ClN3O/c1-3-16(2)27-15-17-8-6-12-20-19-11-7-9-18(14-23(19)29-24(17)20)28-25(30)21-10-4-5-13-22(21)26/h4-14,16,27H,3,15H2,1-2H3,(H,28,30). The van der Waals surface area contributed by atoms with Crippen LogP contribution in [0.2, 0.25) is 5.02 Å². The molecule has 0 spiro atoms. The minimum atomic E-state index is -0.241. The van der Waals surface area contributed by atoms with Gasteiger partial charge in [-0.25, -0.2) is 4.98 Å². The molecular formula is C25H24ClN3O. The van der Waals surface area contributed by atoms with Crippen LogP contribution in [0.25, 0.3) is 22.2 Å². The van der Waals surface area contributed by atoms with Crippen molar-refractivity contribution < 1.29 is 4.79 Å². The van der Waals surface area contributed by atoms with Gasteiger partial charge in [-0.1, -0.05) is 61.0 Å². The van der Waals surface area contributed by atoms with E-state index in [9.17, 15) is 4.79 Å². The first-order valence-corrected chi connectivity index (χ1v) is 10.5. The van der Waals surface area contributed by atoms with Crippen molar-refractivity contribution >= 4 is 34.1 Å². The third-order valence-corrected chi connectivity index (χ3v) is 5.71. The molecule has 30 heavy (non-hydrogen) atoms. The van der Waals surface area contributed by atoms with E-state index in [-0.39, 0.29) is 5.91 Å². The van der Waals surface area contributed by atoms with Gasteiger partial charge in [0.2, 0.25) is 0 Å². The molecule has 152 valence electrons. The molecule has 5 heteroatoms. The third kappa shape index (κ3) is 4.16. The number of benzene rings is 2. The van der Waals surface area contributed by atoms with Crippen molar-refractivity contribution in [3.8, 4) is 11.3 Å². The van der Waals surface area contributed by atoms with Crippen LogP contribution in [0.3, 0.4) is 0 Å². The number of para-hydroxylation sites is 1. The zero-order chi connectivity index (χ0) is 21.1. The molecule has 1 unspecified atom stereocenters. The second kappa shape index (κ2) is 8.82. The quantitative estimate of drug-likeness (QED) is 0.396. The maximum atomic E-state index is 12.7. The highest BCUT2D eigenvalue weighted by Gasteiger charge is 2.15. The van der Waals surface area contributed by atoms with Gasteiger partial charge in [-0.05, 0) is 43.2 Å². The summed E-state index contributed by atoms with van der Waals surface area (Å²) in [4.78, 5) is 17.6. The Morgan fingerprint density at radius 2 is 1.87 bits per heavy atom. The minimum absolute atomic E-state index is 0.241. The molecule has 0 saturated heterocycles. The van der Waals surface area contributed by atoms with E-state index >= 15 is 0 Å². The number of hydrogen-bond acceptors (Lipinski definition) is 3. The molecule has 2 aromatic rings. The molecule has 0 bridgehead atoms. The first-order chi connectivity index (χ1) is 14.6. The predicted octanol–water partition coefficient (Wildman–Crippen LogP) is 6.13.